The molecular weight excluding hydrogens is 296 g/mol. The second kappa shape index (κ2) is 5.80. The Kier molecular flexibility index (Phi) is 4.08. The number of aromatic carboxylic acids is 1. The van der Waals surface area contributed by atoms with E-state index in [9.17, 15) is 13.2 Å². The number of nitrogens with one attached hydrogen (secondary N) is 1. The highest BCUT2D eigenvalue weighted by Gasteiger charge is 2.18. The van der Waals surface area contributed by atoms with E-state index in [1.54, 1.807) is 0 Å². The van der Waals surface area contributed by atoms with E-state index in [1.807, 2.05) is 0 Å². The molecule has 0 aliphatic rings. The van der Waals surface area contributed by atoms with E-state index in [1.165, 1.54) is 43.6 Å². The normalized spacial score (nSPS) is 10.9. The Balaban J connectivity index is 2.35. The third-order valence-corrected chi connectivity index (χ3v) is 4.05. The monoisotopic (exact) mass is 308 g/mol. The van der Waals surface area contributed by atoms with Gasteiger partial charge in [-0.05, 0) is 30.3 Å². The van der Waals surface area contributed by atoms with Crippen molar-refractivity contribution in [2.75, 3.05) is 11.8 Å². The van der Waals surface area contributed by atoms with Gasteiger partial charge in [0.2, 0.25) is 0 Å². The first kappa shape index (κ1) is 14.8. The van der Waals surface area contributed by atoms with Crippen LogP contribution in [-0.4, -0.2) is 31.6 Å². The van der Waals surface area contributed by atoms with Gasteiger partial charge in [-0.15, -0.1) is 0 Å². The summed E-state index contributed by atoms with van der Waals surface area (Å²) in [4.78, 5) is 14.8. The van der Waals surface area contributed by atoms with Crippen LogP contribution in [0.1, 0.15) is 10.4 Å². The number of carboxylic acid groups (broad SMARTS) is 1. The lowest BCUT2D eigenvalue weighted by Crippen LogP contribution is -2.15. The molecule has 0 aliphatic heterocycles. The molecule has 1 aromatic carbocycles. The number of rotatable bonds is 5. The zero-order chi connectivity index (χ0) is 15.5. The molecule has 110 valence electrons. The van der Waals surface area contributed by atoms with Gasteiger partial charge >= 0.3 is 5.97 Å². The van der Waals surface area contributed by atoms with Crippen LogP contribution in [0, 0.1) is 0 Å². The number of benzene rings is 1. The van der Waals surface area contributed by atoms with E-state index in [0.717, 1.165) is 6.20 Å². The Morgan fingerprint density at radius 1 is 1.24 bits per heavy atom. The lowest BCUT2D eigenvalue weighted by molar-refractivity contribution is 0.0698. The van der Waals surface area contributed by atoms with E-state index in [-0.39, 0.29) is 16.1 Å². The molecule has 1 aromatic heterocycles. The minimum Gasteiger partial charge on any atom is -0.497 e. The lowest BCUT2D eigenvalue weighted by Gasteiger charge is -2.10. The van der Waals surface area contributed by atoms with Gasteiger partial charge in [-0.3, -0.25) is 9.71 Å². The highest BCUT2D eigenvalue weighted by atomic mass is 32.2. The van der Waals surface area contributed by atoms with Crippen molar-refractivity contribution < 1.29 is 23.1 Å². The van der Waals surface area contributed by atoms with E-state index in [0.29, 0.717) is 5.75 Å². The van der Waals surface area contributed by atoms with E-state index in [4.69, 9.17) is 9.84 Å². The molecule has 0 amide bonds. The van der Waals surface area contributed by atoms with Crippen molar-refractivity contribution in [3.05, 3.63) is 48.3 Å². The largest absolute Gasteiger partial charge is 0.497 e. The van der Waals surface area contributed by atoms with Crippen molar-refractivity contribution in [2.24, 2.45) is 0 Å². The first-order valence-corrected chi connectivity index (χ1v) is 7.26. The van der Waals surface area contributed by atoms with Gasteiger partial charge in [-0.25, -0.2) is 13.2 Å². The molecule has 0 saturated heterocycles. The van der Waals surface area contributed by atoms with Crippen molar-refractivity contribution in [1.82, 2.24) is 4.98 Å². The van der Waals surface area contributed by atoms with Crippen LogP contribution in [0.2, 0.25) is 0 Å². The van der Waals surface area contributed by atoms with Crippen LogP contribution >= 0.6 is 0 Å². The molecule has 1 heterocycles. The Morgan fingerprint density at radius 3 is 2.48 bits per heavy atom. The summed E-state index contributed by atoms with van der Waals surface area (Å²) in [6.07, 6.45) is 2.42. The molecule has 0 aliphatic carbocycles. The highest BCUT2D eigenvalue weighted by molar-refractivity contribution is 7.92. The summed E-state index contributed by atoms with van der Waals surface area (Å²) < 4.78 is 31.6. The average Bonchev–Trinajstić information content (AvgIpc) is 2.47. The number of aromatic nitrogens is 1. The van der Waals surface area contributed by atoms with Crippen LogP contribution in [-0.2, 0) is 10.0 Å². The summed E-state index contributed by atoms with van der Waals surface area (Å²) in [6, 6.07) is 6.93. The van der Waals surface area contributed by atoms with Crippen LogP contribution in [0.3, 0.4) is 0 Å². The summed E-state index contributed by atoms with van der Waals surface area (Å²) in [5.41, 5.74) is -0.275. The fraction of sp³-hybridized carbons (Fsp3) is 0.0769. The molecule has 2 N–H and O–H groups in total. The Morgan fingerprint density at radius 2 is 1.90 bits per heavy atom. The smallest absolute Gasteiger partial charge is 0.337 e. The number of carboxylic acids is 1. The molecule has 7 nitrogen and oxygen atoms in total. The number of carbonyl (C=O) groups is 1. The minimum absolute atomic E-state index is 0.0107. The van der Waals surface area contributed by atoms with Crippen molar-refractivity contribution in [1.29, 1.82) is 0 Å². The first-order valence-electron chi connectivity index (χ1n) is 5.78. The minimum atomic E-state index is -3.90. The molecule has 0 spiro atoms. The topological polar surface area (TPSA) is 106 Å². The number of hydrogen-bond donors (Lipinski definition) is 2. The molecule has 0 bridgehead atoms. The second-order valence-electron chi connectivity index (χ2n) is 4.01. The molecule has 0 atom stereocenters. The predicted molar refractivity (Wildman–Crippen MR) is 75.0 cm³/mol. The fourth-order valence-electron chi connectivity index (χ4n) is 1.62. The van der Waals surface area contributed by atoms with Crippen molar-refractivity contribution >= 4 is 21.7 Å². The quantitative estimate of drug-likeness (QED) is 0.869. The van der Waals surface area contributed by atoms with E-state index in [2.05, 4.69) is 9.71 Å². The highest BCUT2D eigenvalue weighted by Crippen LogP contribution is 2.21. The van der Waals surface area contributed by atoms with Gasteiger partial charge in [0.05, 0.1) is 29.5 Å². The Labute approximate surface area is 121 Å². The van der Waals surface area contributed by atoms with Crippen LogP contribution < -0.4 is 9.46 Å². The van der Waals surface area contributed by atoms with Crippen LogP contribution in [0.4, 0.5) is 5.69 Å². The van der Waals surface area contributed by atoms with Gasteiger partial charge < -0.3 is 9.84 Å². The number of ether oxygens (including phenoxy) is 1. The number of nitrogens with zero attached hydrogens (tertiary/aromatic N) is 1. The molecule has 8 heteroatoms. The second-order valence-corrected chi connectivity index (χ2v) is 5.69. The summed E-state index contributed by atoms with van der Waals surface area (Å²) in [7, 11) is -2.43. The van der Waals surface area contributed by atoms with Crippen LogP contribution in [0.5, 0.6) is 5.75 Å². The molecule has 2 rings (SSSR count). The first-order chi connectivity index (χ1) is 9.94. The summed E-state index contributed by atoms with van der Waals surface area (Å²) in [6.45, 7) is 0. The Bertz CT molecular complexity index is 756. The number of sulfonamides is 1. The van der Waals surface area contributed by atoms with Crippen LogP contribution in [0.25, 0.3) is 0 Å². The zero-order valence-electron chi connectivity index (χ0n) is 11.0. The molecule has 0 fully saturated rings. The van der Waals surface area contributed by atoms with Crippen molar-refractivity contribution in [2.45, 2.75) is 4.90 Å². The van der Waals surface area contributed by atoms with Gasteiger partial charge in [0, 0.05) is 6.20 Å². The number of pyridine rings is 1. The maximum Gasteiger partial charge on any atom is 0.337 e. The maximum absolute atomic E-state index is 12.2. The van der Waals surface area contributed by atoms with Crippen molar-refractivity contribution in [3.63, 3.8) is 0 Å². The number of methoxy groups -OCH3 is 1. The van der Waals surface area contributed by atoms with E-state index < -0.39 is 16.0 Å². The summed E-state index contributed by atoms with van der Waals surface area (Å²) >= 11 is 0. The summed E-state index contributed by atoms with van der Waals surface area (Å²) in [5, 5.41) is 9.02. The molecule has 0 unspecified atom stereocenters. The average molecular weight is 308 g/mol. The van der Waals surface area contributed by atoms with Gasteiger partial charge in [0.15, 0.2) is 0 Å². The summed E-state index contributed by atoms with van der Waals surface area (Å²) in [5.74, 6) is -0.730. The maximum atomic E-state index is 12.2. The molecule has 0 saturated carbocycles. The standard InChI is InChI=1S/C13H12N2O5S/c1-20-9-2-4-10(5-3-9)21(18,19)15-12-8-14-7-6-11(12)13(16)17/h2-8,15H,1H3,(H,16,17). The third kappa shape index (κ3) is 3.29. The number of anilines is 1. The molecule has 2 aromatic rings. The zero-order valence-corrected chi connectivity index (χ0v) is 11.8. The van der Waals surface area contributed by atoms with Crippen LogP contribution in [0.15, 0.2) is 47.6 Å². The molecule has 0 radical (unpaired) electrons. The van der Waals surface area contributed by atoms with Crippen molar-refractivity contribution in [3.8, 4) is 5.75 Å². The van der Waals surface area contributed by atoms with Gasteiger partial charge in [0.1, 0.15) is 5.75 Å². The lowest BCUT2D eigenvalue weighted by atomic mass is 10.2. The third-order valence-electron chi connectivity index (χ3n) is 2.67. The molecular formula is C13H12N2O5S. The predicted octanol–water partition coefficient (Wildman–Crippen LogP) is 1.59. The SMILES string of the molecule is COc1ccc(S(=O)(=O)Nc2cnccc2C(=O)O)cc1. The fourth-order valence-corrected chi connectivity index (χ4v) is 2.69. The van der Waals surface area contributed by atoms with Gasteiger partial charge in [-0.2, -0.15) is 0 Å². The Hall–Kier alpha value is -2.61. The molecule has 21 heavy (non-hydrogen) atoms. The van der Waals surface area contributed by atoms with Gasteiger partial charge in [0.25, 0.3) is 10.0 Å². The van der Waals surface area contributed by atoms with Gasteiger partial charge in [-0.1, -0.05) is 0 Å². The van der Waals surface area contributed by atoms with E-state index >= 15 is 0 Å². The number of hydrogen-bond acceptors (Lipinski definition) is 5.